The van der Waals surface area contributed by atoms with Crippen molar-refractivity contribution < 1.29 is 9.53 Å². The molecule has 0 aliphatic heterocycles. The zero-order valence-electron chi connectivity index (χ0n) is 18.4. The molecule has 4 nitrogen and oxygen atoms in total. The molecule has 3 aromatic rings. The molecule has 0 atom stereocenters. The lowest BCUT2D eigenvalue weighted by molar-refractivity contribution is -0.119. The number of aromatic nitrogens is 1. The summed E-state index contributed by atoms with van der Waals surface area (Å²) in [4.78, 5) is 12.2. The molecule has 4 rings (SSSR count). The molecule has 0 saturated heterocycles. The monoisotopic (exact) mass is 490 g/mol. The highest BCUT2D eigenvalue weighted by Crippen LogP contribution is 2.32. The number of aryl methyl sites for hydroxylation is 4. The number of benzene rings is 2. The van der Waals surface area contributed by atoms with E-state index in [0.717, 1.165) is 40.3 Å². The summed E-state index contributed by atoms with van der Waals surface area (Å²) < 4.78 is 11.1. The number of nitrogens with one attached hydrogen (secondary N) is 1. The van der Waals surface area contributed by atoms with Gasteiger partial charge >= 0.3 is 0 Å². The number of rotatable bonds is 10. The molecule has 0 spiro atoms. The van der Waals surface area contributed by atoms with E-state index in [1.54, 1.807) is 11.9 Å². The SMILES string of the molecule is Cc1cc(OCCCc2cn(CCC(=O)NSC3CC3)c3cc(Cl)ccc23)cc(C)c1Cl. The highest BCUT2D eigenvalue weighted by Gasteiger charge is 2.23. The fourth-order valence-electron chi connectivity index (χ4n) is 3.78. The smallest absolute Gasteiger partial charge is 0.231 e. The minimum absolute atomic E-state index is 0.0780. The number of carbonyl (C=O) groups is 1. The minimum atomic E-state index is 0.0780. The first kappa shape index (κ1) is 23.3. The number of carbonyl (C=O) groups excluding carboxylic acids is 1. The minimum Gasteiger partial charge on any atom is -0.494 e. The van der Waals surface area contributed by atoms with Crippen molar-refractivity contribution >= 4 is 52.0 Å². The van der Waals surface area contributed by atoms with Crippen LogP contribution in [0.3, 0.4) is 0 Å². The molecule has 1 heterocycles. The molecule has 1 aliphatic rings. The maximum atomic E-state index is 12.2. The number of hydrogen-bond donors (Lipinski definition) is 1. The number of hydrogen-bond acceptors (Lipinski definition) is 3. The van der Waals surface area contributed by atoms with Crippen LogP contribution in [0.5, 0.6) is 5.75 Å². The van der Waals surface area contributed by atoms with Crippen LogP contribution in [0.4, 0.5) is 0 Å². The third-order valence-electron chi connectivity index (χ3n) is 5.64. The summed E-state index contributed by atoms with van der Waals surface area (Å²) in [6.45, 7) is 5.25. The molecule has 1 aliphatic carbocycles. The summed E-state index contributed by atoms with van der Waals surface area (Å²) in [5.41, 5.74) is 4.37. The third kappa shape index (κ3) is 5.94. The average Bonchev–Trinajstić information content (AvgIpc) is 3.53. The van der Waals surface area contributed by atoms with Gasteiger partial charge in [-0.3, -0.25) is 9.52 Å². The molecule has 1 aromatic heterocycles. The van der Waals surface area contributed by atoms with E-state index in [0.29, 0.717) is 29.8 Å². The van der Waals surface area contributed by atoms with Gasteiger partial charge in [-0.15, -0.1) is 0 Å². The lowest BCUT2D eigenvalue weighted by Gasteiger charge is -2.10. The zero-order valence-corrected chi connectivity index (χ0v) is 20.7. The van der Waals surface area contributed by atoms with E-state index in [9.17, 15) is 4.79 Å². The fraction of sp³-hybridized carbons (Fsp3) is 0.400. The van der Waals surface area contributed by atoms with Crippen LogP contribution in [-0.2, 0) is 17.8 Å². The second kappa shape index (κ2) is 10.4. The number of nitrogens with zero attached hydrogens (tertiary/aromatic N) is 1. The van der Waals surface area contributed by atoms with Gasteiger partial charge in [-0.2, -0.15) is 0 Å². The molecule has 1 N–H and O–H groups in total. The van der Waals surface area contributed by atoms with Gasteiger partial charge in [0.15, 0.2) is 0 Å². The number of fused-ring (bicyclic) bond motifs is 1. The topological polar surface area (TPSA) is 43.3 Å². The van der Waals surface area contributed by atoms with Gasteiger partial charge in [0, 0.05) is 45.4 Å². The van der Waals surface area contributed by atoms with Crippen molar-refractivity contribution in [3.8, 4) is 5.75 Å². The average molecular weight is 491 g/mol. The lowest BCUT2D eigenvalue weighted by Crippen LogP contribution is -2.18. The van der Waals surface area contributed by atoms with Crippen molar-refractivity contribution in [2.75, 3.05) is 6.61 Å². The van der Waals surface area contributed by atoms with Crippen LogP contribution < -0.4 is 9.46 Å². The Morgan fingerprint density at radius 1 is 1.19 bits per heavy atom. The fourth-order valence-corrected chi connectivity index (χ4v) is 4.82. The first-order valence-corrected chi connectivity index (χ1v) is 12.7. The van der Waals surface area contributed by atoms with Gasteiger partial charge in [-0.05, 0) is 92.4 Å². The first-order valence-electron chi connectivity index (χ1n) is 11.0. The number of halogens is 2. The van der Waals surface area contributed by atoms with E-state index in [-0.39, 0.29) is 5.91 Å². The first-order chi connectivity index (χ1) is 15.4. The second-order valence-electron chi connectivity index (χ2n) is 8.42. The van der Waals surface area contributed by atoms with E-state index in [2.05, 4.69) is 21.6 Å². The summed E-state index contributed by atoms with van der Waals surface area (Å²) in [6.07, 6.45) is 6.79. The van der Waals surface area contributed by atoms with E-state index < -0.39 is 0 Å². The Balaban J connectivity index is 1.37. The van der Waals surface area contributed by atoms with Gasteiger partial charge in [0.25, 0.3) is 0 Å². The summed E-state index contributed by atoms with van der Waals surface area (Å²) in [5, 5.41) is 3.29. The second-order valence-corrected chi connectivity index (χ2v) is 10.3. The molecule has 2 aromatic carbocycles. The van der Waals surface area contributed by atoms with E-state index in [4.69, 9.17) is 27.9 Å². The molecule has 1 amide bonds. The molecule has 7 heteroatoms. The van der Waals surface area contributed by atoms with Crippen molar-refractivity contribution in [2.24, 2.45) is 0 Å². The van der Waals surface area contributed by atoms with E-state index >= 15 is 0 Å². The molecule has 0 bridgehead atoms. The van der Waals surface area contributed by atoms with Gasteiger partial charge in [0.05, 0.1) is 6.61 Å². The Morgan fingerprint density at radius 2 is 1.94 bits per heavy atom. The molecule has 0 radical (unpaired) electrons. The Labute approximate surface area is 203 Å². The number of amides is 1. The van der Waals surface area contributed by atoms with Crippen molar-refractivity contribution in [3.63, 3.8) is 0 Å². The summed E-state index contributed by atoms with van der Waals surface area (Å²) in [7, 11) is 0. The molecular formula is C25H28Cl2N2O2S. The molecule has 1 fully saturated rings. The van der Waals surface area contributed by atoms with Crippen molar-refractivity contribution in [1.29, 1.82) is 0 Å². The van der Waals surface area contributed by atoms with Crippen molar-refractivity contribution in [3.05, 3.63) is 63.3 Å². The number of ether oxygens (including phenoxy) is 1. The van der Waals surface area contributed by atoms with Gasteiger partial charge in [-0.1, -0.05) is 29.3 Å². The lowest BCUT2D eigenvalue weighted by atomic mass is 10.1. The van der Waals surface area contributed by atoms with Crippen LogP contribution in [-0.4, -0.2) is 22.3 Å². The van der Waals surface area contributed by atoms with Crippen LogP contribution in [0, 0.1) is 13.8 Å². The third-order valence-corrected chi connectivity index (χ3v) is 7.62. The van der Waals surface area contributed by atoms with E-state index in [1.807, 2.05) is 38.1 Å². The Bertz CT molecular complexity index is 1100. The van der Waals surface area contributed by atoms with Gasteiger partial charge in [0.2, 0.25) is 5.91 Å². The predicted molar refractivity (Wildman–Crippen MR) is 135 cm³/mol. The Hall–Kier alpha value is -1.82. The van der Waals surface area contributed by atoms with Gasteiger partial charge in [-0.25, -0.2) is 0 Å². The van der Waals surface area contributed by atoms with Crippen LogP contribution >= 0.6 is 35.1 Å². The molecule has 0 unspecified atom stereocenters. The van der Waals surface area contributed by atoms with Crippen molar-refractivity contribution in [2.45, 2.75) is 57.7 Å². The van der Waals surface area contributed by atoms with Crippen LogP contribution in [0.15, 0.2) is 36.5 Å². The van der Waals surface area contributed by atoms with Crippen LogP contribution in [0.1, 0.15) is 42.4 Å². The summed E-state index contributed by atoms with van der Waals surface area (Å²) >= 11 is 14.1. The van der Waals surface area contributed by atoms with Gasteiger partial charge in [0.1, 0.15) is 5.75 Å². The highest BCUT2D eigenvalue weighted by molar-refractivity contribution is 7.98. The largest absolute Gasteiger partial charge is 0.494 e. The maximum absolute atomic E-state index is 12.2. The molecule has 1 saturated carbocycles. The Morgan fingerprint density at radius 3 is 2.66 bits per heavy atom. The van der Waals surface area contributed by atoms with Crippen LogP contribution in [0.2, 0.25) is 10.0 Å². The van der Waals surface area contributed by atoms with Crippen LogP contribution in [0.25, 0.3) is 10.9 Å². The zero-order chi connectivity index (χ0) is 22.7. The quantitative estimate of drug-likeness (QED) is 0.248. The molecular weight excluding hydrogens is 463 g/mol. The Kier molecular flexibility index (Phi) is 7.59. The summed E-state index contributed by atoms with van der Waals surface area (Å²) in [6, 6.07) is 9.93. The standard InChI is InChI=1S/C25H28Cl2N2O2S/c1-16-12-20(13-17(2)25(16)27)31-11-3-4-18-15-29(23-14-19(26)5-8-22(18)23)10-9-24(30)28-32-21-6-7-21/h5,8,12-15,21H,3-4,6-7,9-11H2,1-2H3,(H,28,30). The summed E-state index contributed by atoms with van der Waals surface area (Å²) in [5.74, 6) is 0.933. The highest BCUT2D eigenvalue weighted by atomic mass is 35.5. The molecule has 32 heavy (non-hydrogen) atoms. The predicted octanol–water partition coefficient (Wildman–Crippen LogP) is 6.89. The van der Waals surface area contributed by atoms with Gasteiger partial charge < -0.3 is 9.30 Å². The van der Waals surface area contributed by atoms with Crippen molar-refractivity contribution in [1.82, 2.24) is 9.29 Å². The normalized spacial score (nSPS) is 13.5. The molecule has 170 valence electrons. The maximum Gasteiger partial charge on any atom is 0.231 e. The van der Waals surface area contributed by atoms with E-state index in [1.165, 1.54) is 23.8 Å².